The molecule has 0 aliphatic carbocycles. The van der Waals surface area contributed by atoms with Crippen LogP contribution in [-0.2, 0) is 11.2 Å². The van der Waals surface area contributed by atoms with Crippen molar-refractivity contribution in [1.29, 1.82) is 0 Å². The number of H-pyrrole nitrogens is 1. The summed E-state index contributed by atoms with van der Waals surface area (Å²) in [6, 6.07) is 10.5. The molecule has 2 aromatic carbocycles. The molecule has 1 aliphatic rings. The summed E-state index contributed by atoms with van der Waals surface area (Å²) in [6.07, 6.45) is 1.83. The quantitative estimate of drug-likeness (QED) is 0.166. The first kappa shape index (κ1) is 29.1. The molecular weight excluding hydrogens is 588 g/mol. The smallest absolute Gasteiger partial charge is 0.251 e. The van der Waals surface area contributed by atoms with Crippen molar-refractivity contribution in [2.45, 2.75) is 19.4 Å². The van der Waals surface area contributed by atoms with Crippen molar-refractivity contribution >= 4 is 33.2 Å². The Morgan fingerprint density at radius 2 is 2.05 bits per heavy atom. The van der Waals surface area contributed by atoms with E-state index in [-0.39, 0.29) is 42.0 Å². The van der Waals surface area contributed by atoms with E-state index in [0.717, 1.165) is 29.3 Å². The fourth-order valence-electron chi connectivity index (χ4n) is 5.33. The van der Waals surface area contributed by atoms with Gasteiger partial charge in [0.2, 0.25) is 5.91 Å². The minimum absolute atomic E-state index is 0.0268. The number of aliphatic hydroxyl groups is 1. The lowest BCUT2D eigenvalue weighted by Crippen LogP contribution is -2.31. The van der Waals surface area contributed by atoms with E-state index in [2.05, 4.69) is 27.4 Å². The lowest BCUT2D eigenvalue weighted by Gasteiger charge is -2.19. The number of aliphatic hydroxyl groups excluding tert-OH is 1. The Morgan fingerprint density at radius 1 is 1.20 bits per heavy atom. The molecule has 5 aromatic rings. The van der Waals surface area contributed by atoms with E-state index in [1.54, 1.807) is 19.1 Å². The van der Waals surface area contributed by atoms with E-state index in [4.69, 9.17) is 9.72 Å². The van der Waals surface area contributed by atoms with E-state index < -0.39 is 17.7 Å². The molecule has 0 saturated carbocycles. The zero-order valence-electron chi connectivity index (χ0n) is 23.5. The largest absolute Gasteiger partial charge is 0.490 e. The Morgan fingerprint density at radius 3 is 2.84 bits per heavy atom. The monoisotopic (exact) mass is 615 g/mol. The number of nitrogens with zero attached hydrogens (tertiary/aromatic N) is 2. The highest BCUT2D eigenvalue weighted by molar-refractivity contribution is 7.18. The molecule has 0 unspecified atom stereocenters. The van der Waals surface area contributed by atoms with Crippen molar-refractivity contribution in [1.82, 2.24) is 25.8 Å². The standard InChI is InChI=1S/C32H27F2N5O4S/c1-3-26(41)36-16(2)23-15-24(39-38-23)30-28(27-22(34)13-19(33)14-25(27)43-10-9-40)31-21(7-11-44-31)29(37-30)18-4-5-20-17(12-18)6-8-35-32(20)42/h3-5,7,11-16,40H,1,6,8-10H2,2H3,(H,35,42)(H,36,41)(H,38,39)/t16-/m0/s1. The van der Waals surface area contributed by atoms with Crippen molar-refractivity contribution in [2.75, 3.05) is 19.8 Å². The van der Waals surface area contributed by atoms with Gasteiger partial charge in [0, 0.05) is 45.5 Å². The maximum absolute atomic E-state index is 15.8. The van der Waals surface area contributed by atoms with Gasteiger partial charge in [0.05, 0.1) is 29.6 Å². The van der Waals surface area contributed by atoms with Crippen molar-refractivity contribution in [2.24, 2.45) is 0 Å². The topological polar surface area (TPSA) is 129 Å². The van der Waals surface area contributed by atoms with Crippen LogP contribution in [-0.4, -0.2) is 51.9 Å². The van der Waals surface area contributed by atoms with Gasteiger partial charge in [-0.15, -0.1) is 11.3 Å². The number of fused-ring (bicyclic) bond motifs is 2. The van der Waals surface area contributed by atoms with Crippen LogP contribution in [0.25, 0.3) is 43.9 Å². The van der Waals surface area contributed by atoms with Crippen LogP contribution < -0.4 is 15.4 Å². The number of benzene rings is 2. The number of carbonyl (C=O) groups is 2. The van der Waals surface area contributed by atoms with Gasteiger partial charge in [-0.25, -0.2) is 13.8 Å². The normalized spacial score (nSPS) is 13.3. The molecule has 0 bridgehead atoms. The molecule has 0 saturated heterocycles. The highest BCUT2D eigenvalue weighted by Crippen LogP contribution is 2.47. The number of thiophene rings is 1. The summed E-state index contributed by atoms with van der Waals surface area (Å²) >= 11 is 1.35. The van der Waals surface area contributed by atoms with Gasteiger partial charge in [-0.05, 0) is 54.6 Å². The summed E-state index contributed by atoms with van der Waals surface area (Å²) in [5.74, 6) is -2.30. The molecule has 4 heterocycles. The average Bonchev–Trinajstić information content (AvgIpc) is 3.70. The maximum atomic E-state index is 15.8. The molecule has 0 radical (unpaired) electrons. The van der Waals surface area contributed by atoms with Crippen LogP contribution in [0.15, 0.2) is 60.5 Å². The van der Waals surface area contributed by atoms with Gasteiger partial charge < -0.3 is 20.5 Å². The molecule has 1 aliphatic heterocycles. The predicted molar refractivity (Wildman–Crippen MR) is 163 cm³/mol. The van der Waals surface area contributed by atoms with Crippen LogP contribution in [0, 0.1) is 11.6 Å². The Balaban J connectivity index is 1.61. The van der Waals surface area contributed by atoms with Crippen LogP contribution in [0.3, 0.4) is 0 Å². The molecule has 9 nitrogen and oxygen atoms in total. The van der Waals surface area contributed by atoms with Crippen molar-refractivity contribution < 1.29 is 28.2 Å². The second kappa shape index (κ2) is 12.0. The van der Waals surface area contributed by atoms with Crippen molar-refractivity contribution in [3.05, 3.63) is 89.0 Å². The maximum Gasteiger partial charge on any atom is 0.251 e. The number of carbonyl (C=O) groups excluding carboxylic acids is 2. The number of hydrogen-bond donors (Lipinski definition) is 4. The SMILES string of the molecule is C=CC(=O)N[C@@H](C)c1cc(-c2nc(-c3ccc4c(c3)CCNC4=O)c3ccsc3c2-c2c(F)cc(F)cc2OCCO)n[nH]1. The van der Waals surface area contributed by atoms with E-state index in [9.17, 15) is 19.1 Å². The van der Waals surface area contributed by atoms with Gasteiger partial charge in [0.25, 0.3) is 5.91 Å². The number of rotatable bonds is 9. The van der Waals surface area contributed by atoms with Gasteiger partial charge >= 0.3 is 0 Å². The molecule has 1 atom stereocenters. The Bertz CT molecular complexity index is 1940. The minimum Gasteiger partial charge on any atom is -0.490 e. The van der Waals surface area contributed by atoms with Crippen LogP contribution in [0.4, 0.5) is 8.78 Å². The summed E-state index contributed by atoms with van der Waals surface area (Å²) in [6.45, 7) is 5.24. The number of ether oxygens (including phenoxy) is 1. The fourth-order valence-corrected chi connectivity index (χ4v) is 6.28. The number of nitrogens with one attached hydrogen (secondary N) is 3. The predicted octanol–water partition coefficient (Wildman–Crippen LogP) is 5.32. The van der Waals surface area contributed by atoms with Crippen molar-refractivity contribution in [3.8, 4) is 39.5 Å². The Hall–Kier alpha value is -4.94. The van der Waals surface area contributed by atoms with Crippen LogP contribution in [0.2, 0.25) is 0 Å². The number of pyridine rings is 1. The van der Waals surface area contributed by atoms with E-state index in [1.807, 2.05) is 23.6 Å². The molecule has 12 heteroatoms. The first-order chi connectivity index (χ1) is 21.3. The molecule has 4 N–H and O–H groups in total. The third-order valence-corrected chi connectivity index (χ3v) is 8.31. The summed E-state index contributed by atoms with van der Waals surface area (Å²) in [4.78, 5) is 29.4. The molecule has 3 aromatic heterocycles. The lowest BCUT2D eigenvalue weighted by atomic mass is 9.93. The van der Waals surface area contributed by atoms with Gasteiger partial charge in [-0.1, -0.05) is 12.6 Å². The Labute approximate surface area is 254 Å². The van der Waals surface area contributed by atoms with E-state index >= 15 is 4.39 Å². The highest BCUT2D eigenvalue weighted by Gasteiger charge is 2.27. The zero-order chi connectivity index (χ0) is 31.0. The second-order valence-corrected chi connectivity index (χ2v) is 11.1. The number of amides is 2. The number of aromatic amines is 1. The first-order valence-electron chi connectivity index (χ1n) is 13.8. The number of halogens is 2. The third-order valence-electron chi connectivity index (χ3n) is 7.38. The van der Waals surface area contributed by atoms with Gasteiger partial charge in [0.15, 0.2) is 0 Å². The summed E-state index contributed by atoms with van der Waals surface area (Å²) in [7, 11) is 0. The summed E-state index contributed by atoms with van der Waals surface area (Å²) < 4.78 is 36.5. The fraction of sp³-hybridized carbons (Fsp3) is 0.188. The Kier molecular flexibility index (Phi) is 7.93. The number of aromatic nitrogens is 3. The first-order valence-corrected chi connectivity index (χ1v) is 14.7. The van der Waals surface area contributed by atoms with Crippen molar-refractivity contribution in [3.63, 3.8) is 0 Å². The summed E-state index contributed by atoms with van der Waals surface area (Å²) in [5, 5.41) is 25.0. The zero-order valence-corrected chi connectivity index (χ0v) is 24.4. The molecule has 0 fully saturated rings. The number of hydrogen-bond acceptors (Lipinski definition) is 7. The lowest BCUT2D eigenvalue weighted by molar-refractivity contribution is -0.117. The van der Waals surface area contributed by atoms with Crippen LogP contribution in [0.1, 0.15) is 34.6 Å². The van der Waals surface area contributed by atoms with Gasteiger partial charge in [0.1, 0.15) is 35.4 Å². The van der Waals surface area contributed by atoms with E-state index in [0.29, 0.717) is 51.3 Å². The molecule has 224 valence electrons. The van der Waals surface area contributed by atoms with E-state index in [1.165, 1.54) is 11.3 Å². The van der Waals surface area contributed by atoms with Gasteiger partial charge in [-0.3, -0.25) is 14.7 Å². The highest BCUT2D eigenvalue weighted by atomic mass is 32.1. The minimum atomic E-state index is -0.870. The average molecular weight is 616 g/mol. The molecule has 0 spiro atoms. The summed E-state index contributed by atoms with van der Waals surface area (Å²) in [5.41, 5.74) is 4.34. The van der Waals surface area contributed by atoms with Gasteiger partial charge in [-0.2, -0.15) is 5.10 Å². The molecule has 6 rings (SSSR count). The van der Waals surface area contributed by atoms with Crippen LogP contribution in [0.5, 0.6) is 5.75 Å². The molecule has 2 amide bonds. The van der Waals surface area contributed by atoms with Crippen LogP contribution >= 0.6 is 11.3 Å². The third kappa shape index (κ3) is 5.33. The second-order valence-electron chi connectivity index (χ2n) is 10.2. The molecule has 44 heavy (non-hydrogen) atoms. The molecular formula is C32H27F2N5O4S.